The molecule has 1 aromatic carbocycles. The molecule has 0 aliphatic rings. The molecule has 0 aliphatic heterocycles. The number of nitrogens with zero attached hydrogens (tertiary/aromatic N) is 2. The molecule has 3 nitrogen and oxygen atoms in total. The zero-order valence-corrected chi connectivity index (χ0v) is 8.88. The molecule has 72 valence electrons. The average Bonchev–Trinajstić information content (AvgIpc) is 2.64. The van der Waals surface area contributed by atoms with Gasteiger partial charge < -0.3 is 4.42 Å². The largest absolute Gasteiger partial charge is 0.423 e. The van der Waals surface area contributed by atoms with Crippen molar-refractivity contribution in [2.24, 2.45) is 0 Å². The van der Waals surface area contributed by atoms with Crippen LogP contribution in [0.25, 0.3) is 11.5 Å². The van der Waals surface area contributed by atoms with Crippen molar-refractivity contribution < 1.29 is 8.81 Å². The van der Waals surface area contributed by atoms with E-state index in [1.54, 1.807) is 13.0 Å². The molecule has 0 saturated heterocycles. The lowest BCUT2D eigenvalue weighted by atomic mass is 10.1. The van der Waals surface area contributed by atoms with Crippen LogP contribution in [0.5, 0.6) is 0 Å². The Kier molecular flexibility index (Phi) is 2.33. The van der Waals surface area contributed by atoms with Crippen LogP contribution in [0, 0.1) is 12.7 Å². The van der Waals surface area contributed by atoms with Crippen molar-refractivity contribution in [2.75, 3.05) is 0 Å². The normalized spacial score (nSPS) is 10.5. The van der Waals surface area contributed by atoms with Gasteiger partial charge in [-0.05, 0) is 40.5 Å². The maximum absolute atomic E-state index is 13.2. The zero-order valence-electron chi connectivity index (χ0n) is 7.29. The number of halogens is 2. The number of benzene rings is 1. The zero-order chi connectivity index (χ0) is 10.1. The molecule has 0 amide bonds. The highest BCUT2D eigenvalue weighted by Gasteiger charge is 2.11. The van der Waals surface area contributed by atoms with Crippen LogP contribution >= 0.6 is 15.9 Å². The third kappa shape index (κ3) is 1.55. The molecule has 0 atom stereocenters. The highest BCUT2D eigenvalue weighted by atomic mass is 79.9. The van der Waals surface area contributed by atoms with E-state index in [0.717, 1.165) is 4.47 Å². The summed E-state index contributed by atoms with van der Waals surface area (Å²) in [4.78, 5) is 0. The highest BCUT2D eigenvalue weighted by Crippen LogP contribution is 2.28. The van der Waals surface area contributed by atoms with Crippen molar-refractivity contribution in [2.45, 2.75) is 6.92 Å². The molecule has 0 N–H and O–H groups in total. The summed E-state index contributed by atoms with van der Waals surface area (Å²) in [5, 5.41) is 7.24. The van der Waals surface area contributed by atoms with Gasteiger partial charge in [-0.15, -0.1) is 10.2 Å². The quantitative estimate of drug-likeness (QED) is 0.788. The maximum atomic E-state index is 13.2. The lowest BCUT2D eigenvalue weighted by molar-refractivity contribution is 0.566. The van der Waals surface area contributed by atoms with Crippen LogP contribution in [-0.2, 0) is 0 Å². The van der Waals surface area contributed by atoms with Crippen molar-refractivity contribution in [3.8, 4) is 11.5 Å². The Morgan fingerprint density at radius 1 is 1.43 bits per heavy atom. The molecule has 0 spiro atoms. The first-order valence-electron chi connectivity index (χ1n) is 3.90. The summed E-state index contributed by atoms with van der Waals surface area (Å²) < 4.78 is 19.0. The van der Waals surface area contributed by atoms with Gasteiger partial charge in [0.05, 0.1) is 5.56 Å². The van der Waals surface area contributed by atoms with E-state index in [4.69, 9.17) is 4.42 Å². The first-order valence-corrected chi connectivity index (χ1v) is 4.70. The Morgan fingerprint density at radius 3 is 2.86 bits per heavy atom. The number of hydrogen-bond acceptors (Lipinski definition) is 3. The molecular weight excluding hydrogens is 251 g/mol. The molecule has 0 saturated carbocycles. The summed E-state index contributed by atoms with van der Waals surface area (Å²) >= 11 is 3.31. The van der Waals surface area contributed by atoms with Crippen LogP contribution in [0.3, 0.4) is 0 Å². The molecule has 2 aromatic rings. The molecule has 0 radical (unpaired) electrons. The number of hydrogen-bond donors (Lipinski definition) is 0. The predicted octanol–water partition coefficient (Wildman–Crippen LogP) is 2.95. The number of aryl methyl sites for hydroxylation is 1. The van der Waals surface area contributed by atoms with Crippen molar-refractivity contribution >= 4 is 15.9 Å². The molecule has 2 rings (SSSR count). The van der Waals surface area contributed by atoms with Gasteiger partial charge >= 0.3 is 0 Å². The summed E-state index contributed by atoms with van der Waals surface area (Å²) in [5.74, 6) is 0.0113. The van der Waals surface area contributed by atoms with Crippen LogP contribution in [0.1, 0.15) is 5.56 Å². The van der Waals surface area contributed by atoms with E-state index in [1.165, 1.54) is 12.5 Å². The minimum absolute atomic E-state index is 0.290. The summed E-state index contributed by atoms with van der Waals surface area (Å²) in [5.41, 5.74) is 1.13. The summed E-state index contributed by atoms with van der Waals surface area (Å²) in [6.07, 6.45) is 1.21. The van der Waals surface area contributed by atoms with E-state index in [9.17, 15) is 4.39 Å². The third-order valence-electron chi connectivity index (χ3n) is 1.84. The molecule has 0 bridgehead atoms. The van der Waals surface area contributed by atoms with Crippen LogP contribution < -0.4 is 0 Å². The van der Waals surface area contributed by atoms with Gasteiger partial charge in [-0.3, -0.25) is 0 Å². The highest BCUT2D eigenvalue weighted by molar-refractivity contribution is 9.10. The van der Waals surface area contributed by atoms with Gasteiger partial charge in [0, 0.05) is 4.47 Å². The average molecular weight is 257 g/mol. The van der Waals surface area contributed by atoms with Gasteiger partial charge in [0.2, 0.25) is 12.3 Å². The smallest absolute Gasteiger partial charge is 0.248 e. The molecule has 5 heteroatoms. The van der Waals surface area contributed by atoms with E-state index >= 15 is 0 Å². The molecule has 14 heavy (non-hydrogen) atoms. The lowest BCUT2D eigenvalue weighted by Gasteiger charge is -2.02. The molecule has 1 heterocycles. The summed E-state index contributed by atoms with van der Waals surface area (Å²) in [7, 11) is 0. The van der Waals surface area contributed by atoms with E-state index in [1.807, 2.05) is 0 Å². The standard InChI is InChI=1S/C9H6BrFN2O/c1-5-2-7(10)6(3-8(5)11)9-13-12-4-14-9/h2-4H,1H3. The van der Waals surface area contributed by atoms with Crippen molar-refractivity contribution in [1.82, 2.24) is 10.2 Å². The van der Waals surface area contributed by atoms with Gasteiger partial charge in [0.25, 0.3) is 0 Å². The van der Waals surface area contributed by atoms with Crippen LogP contribution in [0.15, 0.2) is 27.4 Å². The van der Waals surface area contributed by atoms with E-state index in [-0.39, 0.29) is 5.82 Å². The Morgan fingerprint density at radius 2 is 2.21 bits per heavy atom. The van der Waals surface area contributed by atoms with Gasteiger partial charge in [0.15, 0.2) is 0 Å². The Bertz CT molecular complexity index is 456. The van der Waals surface area contributed by atoms with Gasteiger partial charge in [-0.1, -0.05) is 0 Å². The molecule has 0 aliphatic carbocycles. The van der Waals surface area contributed by atoms with Crippen molar-refractivity contribution in [3.63, 3.8) is 0 Å². The van der Waals surface area contributed by atoms with E-state index in [0.29, 0.717) is 17.0 Å². The predicted molar refractivity (Wildman–Crippen MR) is 52.1 cm³/mol. The number of aromatic nitrogens is 2. The van der Waals surface area contributed by atoms with E-state index < -0.39 is 0 Å². The SMILES string of the molecule is Cc1cc(Br)c(-c2nnco2)cc1F. The van der Waals surface area contributed by atoms with Gasteiger partial charge in [-0.25, -0.2) is 4.39 Å². The minimum Gasteiger partial charge on any atom is -0.423 e. The van der Waals surface area contributed by atoms with Gasteiger partial charge in [-0.2, -0.15) is 0 Å². The fraction of sp³-hybridized carbons (Fsp3) is 0.111. The third-order valence-corrected chi connectivity index (χ3v) is 2.49. The second-order valence-corrected chi connectivity index (χ2v) is 3.68. The first kappa shape index (κ1) is 9.33. The number of rotatable bonds is 1. The summed E-state index contributed by atoms with van der Waals surface area (Å²) in [6, 6.07) is 3.04. The topological polar surface area (TPSA) is 38.9 Å². The minimum atomic E-state index is -0.290. The summed E-state index contributed by atoms with van der Waals surface area (Å²) in [6.45, 7) is 1.69. The molecule has 1 aromatic heterocycles. The molecule has 0 fully saturated rings. The molecular formula is C9H6BrFN2O. The second-order valence-electron chi connectivity index (χ2n) is 2.83. The monoisotopic (exact) mass is 256 g/mol. The van der Waals surface area contributed by atoms with Crippen LogP contribution in [0.2, 0.25) is 0 Å². The molecule has 0 unspecified atom stereocenters. The lowest BCUT2D eigenvalue weighted by Crippen LogP contribution is -1.87. The van der Waals surface area contributed by atoms with Crippen LogP contribution in [-0.4, -0.2) is 10.2 Å². The van der Waals surface area contributed by atoms with Crippen molar-refractivity contribution in [1.29, 1.82) is 0 Å². The Balaban J connectivity index is 2.60. The van der Waals surface area contributed by atoms with Gasteiger partial charge in [0.1, 0.15) is 5.82 Å². The van der Waals surface area contributed by atoms with Crippen molar-refractivity contribution in [3.05, 3.63) is 34.4 Å². The second kappa shape index (κ2) is 3.49. The Labute approximate surface area is 88.1 Å². The van der Waals surface area contributed by atoms with E-state index in [2.05, 4.69) is 26.1 Å². The fourth-order valence-electron chi connectivity index (χ4n) is 1.10. The Hall–Kier alpha value is -1.23. The van der Waals surface area contributed by atoms with Crippen LogP contribution in [0.4, 0.5) is 4.39 Å². The maximum Gasteiger partial charge on any atom is 0.248 e. The fourth-order valence-corrected chi connectivity index (χ4v) is 1.73. The first-order chi connectivity index (χ1) is 6.68.